The molecule has 1 aromatic heterocycles. The number of piperazine rings is 1. The topological polar surface area (TPSA) is 73.6 Å². The molecule has 2 N–H and O–H groups in total. The van der Waals surface area contributed by atoms with Crippen LogP contribution in [0.4, 0.5) is 0 Å². The smallest absolute Gasteiger partial charge is 0.191 e. The van der Waals surface area contributed by atoms with Crippen LogP contribution in [0.1, 0.15) is 26.6 Å². The number of nitrogens with one attached hydrogen (secondary N) is 2. The number of hydrogen-bond acceptors (Lipinski definition) is 5. The number of aromatic nitrogens is 3. The van der Waals surface area contributed by atoms with Crippen molar-refractivity contribution < 1.29 is 0 Å². The Hall–Kier alpha value is -0.940. The molecule has 0 spiro atoms. The first-order chi connectivity index (χ1) is 11.6. The fourth-order valence-electron chi connectivity index (χ4n) is 2.85. The fraction of sp³-hybridized carbons (Fsp3) is 0.812. The Labute approximate surface area is 168 Å². The van der Waals surface area contributed by atoms with E-state index in [1.54, 1.807) is 11.0 Å². The zero-order valence-corrected chi connectivity index (χ0v) is 18.2. The van der Waals surface area contributed by atoms with Crippen molar-refractivity contribution in [1.82, 2.24) is 35.2 Å². The molecule has 0 aromatic carbocycles. The largest absolute Gasteiger partial charge is 0.357 e. The zero-order valence-electron chi connectivity index (χ0n) is 15.9. The van der Waals surface area contributed by atoms with Crippen LogP contribution < -0.4 is 10.6 Å². The second-order valence-corrected chi connectivity index (χ2v) is 6.20. The van der Waals surface area contributed by atoms with Gasteiger partial charge in [-0.15, -0.1) is 24.0 Å². The van der Waals surface area contributed by atoms with Gasteiger partial charge in [-0.3, -0.25) is 9.58 Å². The lowest BCUT2D eigenvalue weighted by atomic mass is 10.2. The van der Waals surface area contributed by atoms with E-state index in [9.17, 15) is 0 Å². The molecule has 1 aliphatic rings. The third-order valence-corrected chi connectivity index (χ3v) is 4.57. The Kier molecular flexibility index (Phi) is 10.3. The van der Waals surface area contributed by atoms with Crippen molar-refractivity contribution in [3.8, 4) is 0 Å². The number of hydrogen-bond donors (Lipinski definition) is 2. The second kappa shape index (κ2) is 11.6. The number of guanidine groups is 1. The summed E-state index contributed by atoms with van der Waals surface area (Å²) in [7, 11) is 1.89. The Morgan fingerprint density at radius 1 is 1.24 bits per heavy atom. The van der Waals surface area contributed by atoms with Gasteiger partial charge in [-0.2, -0.15) is 5.10 Å². The van der Waals surface area contributed by atoms with Crippen LogP contribution in [0.3, 0.4) is 0 Å². The van der Waals surface area contributed by atoms with Gasteiger partial charge in [-0.1, -0.05) is 6.92 Å². The summed E-state index contributed by atoms with van der Waals surface area (Å²) in [4.78, 5) is 13.9. The summed E-state index contributed by atoms with van der Waals surface area (Å²) >= 11 is 0. The monoisotopic (exact) mass is 464 g/mol. The summed E-state index contributed by atoms with van der Waals surface area (Å²) in [5.74, 6) is 1.69. The minimum atomic E-state index is 0. The van der Waals surface area contributed by atoms with Crippen LogP contribution in [-0.4, -0.2) is 82.4 Å². The van der Waals surface area contributed by atoms with Gasteiger partial charge in [-0.05, 0) is 20.4 Å². The molecule has 25 heavy (non-hydrogen) atoms. The van der Waals surface area contributed by atoms with E-state index in [1.807, 2.05) is 7.05 Å². The first kappa shape index (κ1) is 22.1. The summed E-state index contributed by atoms with van der Waals surface area (Å²) in [6, 6.07) is 0.489. The van der Waals surface area contributed by atoms with Gasteiger partial charge in [0.2, 0.25) is 0 Å². The number of aliphatic imine (C=N–C) groups is 1. The molecule has 2 heterocycles. The van der Waals surface area contributed by atoms with Crippen LogP contribution in [0.5, 0.6) is 0 Å². The van der Waals surface area contributed by atoms with E-state index in [0.717, 1.165) is 44.5 Å². The summed E-state index contributed by atoms with van der Waals surface area (Å²) < 4.78 is 1.75. The molecule has 9 heteroatoms. The lowest BCUT2D eigenvalue weighted by Gasteiger charge is -2.37. The lowest BCUT2D eigenvalue weighted by Crippen LogP contribution is -2.53. The summed E-state index contributed by atoms with van der Waals surface area (Å²) in [6.45, 7) is 14.6. The van der Waals surface area contributed by atoms with Crippen LogP contribution in [0, 0.1) is 0 Å². The second-order valence-electron chi connectivity index (χ2n) is 6.20. The minimum absolute atomic E-state index is 0. The van der Waals surface area contributed by atoms with E-state index in [2.05, 4.69) is 56.3 Å². The van der Waals surface area contributed by atoms with Crippen LogP contribution in [0.15, 0.2) is 11.3 Å². The number of aryl methyl sites for hydroxylation is 1. The highest BCUT2D eigenvalue weighted by molar-refractivity contribution is 14.0. The zero-order chi connectivity index (χ0) is 17.4. The molecule has 8 nitrogen and oxygen atoms in total. The maximum atomic E-state index is 4.60. The maximum Gasteiger partial charge on any atom is 0.191 e. The first-order valence-corrected chi connectivity index (χ1v) is 8.95. The third-order valence-electron chi connectivity index (χ3n) is 4.57. The normalized spacial score (nSPS) is 17.8. The van der Waals surface area contributed by atoms with Crippen molar-refractivity contribution in [2.24, 2.45) is 12.0 Å². The van der Waals surface area contributed by atoms with Crippen molar-refractivity contribution in [1.29, 1.82) is 0 Å². The van der Waals surface area contributed by atoms with Crippen molar-refractivity contribution in [3.63, 3.8) is 0 Å². The molecular formula is C16H33IN8. The molecule has 2 rings (SSSR count). The molecule has 144 valence electrons. The summed E-state index contributed by atoms with van der Waals surface area (Å²) in [5, 5.41) is 10.8. The van der Waals surface area contributed by atoms with Gasteiger partial charge in [0.15, 0.2) is 5.96 Å². The summed E-state index contributed by atoms with van der Waals surface area (Å²) in [6.07, 6.45) is 1.56. The Morgan fingerprint density at radius 3 is 2.52 bits per heavy atom. The van der Waals surface area contributed by atoms with Crippen molar-refractivity contribution in [2.75, 3.05) is 45.8 Å². The Morgan fingerprint density at radius 2 is 1.96 bits per heavy atom. The van der Waals surface area contributed by atoms with Gasteiger partial charge in [0.25, 0.3) is 0 Å². The quantitative estimate of drug-likeness (QED) is 0.348. The Balaban J connectivity index is 0.00000312. The van der Waals surface area contributed by atoms with E-state index in [-0.39, 0.29) is 24.0 Å². The predicted octanol–water partition coefficient (Wildman–Crippen LogP) is 0.514. The average Bonchev–Trinajstić information content (AvgIpc) is 3.02. The minimum Gasteiger partial charge on any atom is -0.357 e. The van der Waals surface area contributed by atoms with E-state index in [0.29, 0.717) is 12.6 Å². The number of likely N-dealkylation sites (N-methyl/N-ethyl adjacent to an activating group) is 1. The number of halogens is 1. The highest BCUT2D eigenvalue weighted by Crippen LogP contribution is 2.05. The molecule has 0 saturated carbocycles. The van der Waals surface area contributed by atoms with Gasteiger partial charge < -0.3 is 15.5 Å². The highest BCUT2D eigenvalue weighted by atomic mass is 127. The van der Waals surface area contributed by atoms with Crippen LogP contribution in [-0.2, 0) is 13.6 Å². The van der Waals surface area contributed by atoms with E-state index in [1.165, 1.54) is 13.1 Å². The summed E-state index contributed by atoms with van der Waals surface area (Å²) in [5.41, 5.74) is 0. The van der Waals surface area contributed by atoms with Crippen molar-refractivity contribution >= 4 is 29.9 Å². The molecule has 0 aliphatic carbocycles. The molecule has 0 amide bonds. The molecule has 1 unspecified atom stereocenters. The molecule has 0 radical (unpaired) electrons. The van der Waals surface area contributed by atoms with E-state index < -0.39 is 0 Å². The molecule has 1 fully saturated rings. The predicted molar refractivity (Wildman–Crippen MR) is 112 cm³/mol. The standard InChI is InChI=1S/C16H32N8.HI/c1-5-17-16(19-12-15-20-13-21-22(15)4)18-11-14(3)24-9-7-23(6-2)8-10-24;/h13-14H,5-12H2,1-4H3,(H2,17,18,19);1H. The van der Waals surface area contributed by atoms with Crippen molar-refractivity contribution in [2.45, 2.75) is 33.4 Å². The van der Waals surface area contributed by atoms with E-state index >= 15 is 0 Å². The maximum absolute atomic E-state index is 4.60. The molecule has 1 aliphatic heterocycles. The Bertz CT molecular complexity index is 510. The van der Waals surface area contributed by atoms with Crippen molar-refractivity contribution in [3.05, 3.63) is 12.2 Å². The average molecular weight is 464 g/mol. The molecular weight excluding hydrogens is 431 g/mol. The van der Waals surface area contributed by atoms with E-state index in [4.69, 9.17) is 0 Å². The SMILES string of the molecule is CCNC(=NCc1ncnn1C)NCC(C)N1CCN(CC)CC1.I. The number of rotatable bonds is 7. The third kappa shape index (κ3) is 7.06. The van der Waals surface area contributed by atoms with Crippen LogP contribution >= 0.6 is 24.0 Å². The van der Waals surface area contributed by atoms with Crippen LogP contribution in [0.2, 0.25) is 0 Å². The number of nitrogens with zero attached hydrogens (tertiary/aromatic N) is 6. The van der Waals surface area contributed by atoms with Gasteiger partial charge >= 0.3 is 0 Å². The van der Waals surface area contributed by atoms with Gasteiger partial charge in [0.05, 0.1) is 0 Å². The fourth-order valence-corrected chi connectivity index (χ4v) is 2.85. The molecule has 1 atom stereocenters. The lowest BCUT2D eigenvalue weighted by molar-refractivity contribution is 0.107. The van der Waals surface area contributed by atoms with Gasteiger partial charge in [0, 0.05) is 52.4 Å². The van der Waals surface area contributed by atoms with Gasteiger partial charge in [0.1, 0.15) is 18.7 Å². The molecule has 1 saturated heterocycles. The highest BCUT2D eigenvalue weighted by Gasteiger charge is 2.20. The van der Waals surface area contributed by atoms with Gasteiger partial charge in [-0.25, -0.2) is 9.98 Å². The first-order valence-electron chi connectivity index (χ1n) is 8.95. The van der Waals surface area contributed by atoms with Crippen LogP contribution in [0.25, 0.3) is 0 Å². The molecule has 1 aromatic rings. The molecule has 0 bridgehead atoms.